The smallest absolute Gasteiger partial charge is 0.313 e. The normalized spacial score (nSPS) is 19.1. The first-order chi connectivity index (χ1) is 13.8. The van der Waals surface area contributed by atoms with Crippen molar-refractivity contribution in [2.24, 2.45) is 5.92 Å². The first-order valence-electron chi connectivity index (χ1n) is 8.77. The van der Waals surface area contributed by atoms with Crippen LogP contribution in [-0.4, -0.2) is 25.0 Å². The van der Waals surface area contributed by atoms with Crippen molar-refractivity contribution in [1.29, 1.82) is 0 Å². The Bertz CT molecular complexity index is 953. The molecule has 0 fully saturated rings. The highest BCUT2D eigenvalue weighted by Gasteiger charge is 2.36. The molecule has 0 radical (unpaired) electrons. The van der Waals surface area contributed by atoms with Crippen LogP contribution in [0.5, 0.6) is 0 Å². The van der Waals surface area contributed by atoms with Crippen LogP contribution in [0.25, 0.3) is 0 Å². The third kappa shape index (κ3) is 4.31. The van der Waals surface area contributed by atoms with E-state index in [0.29, 0.717) is 12.1 Å². The Hall–Kier alpha value is -3.16. The Kier molecular flexibility index (Phi) is 6.00. The van der Waals surface area contributed by atoms with Gasteiger partial charge in [-0.1, -0.05) is 30.4 Å². The maximum absolute atomic E-state index is 14.2. The second-order valence-electron chi connectivity index (χ2n) is 6.63. The van der Waals surface area contributed by atoms with Crippen LogP contribution in [-0.2, 0) is 9.53 Å². The average molecular weight is 407 g/mol. The summed E-state index contributed by atoms with van der Waals surface area (Å²) < 4.78 is 59.6. The van der Waals surface area contributed by atoms with E-state index in [0.717, 1.165) is 0 Å². The molecule has 8 heteroatoms. The molecule has 0 saturated carbocycles. The van der Waals surface area contributed by atoms with E-state index in [-0.39, 0.29) is 12.0 Å². The van der Waals surface area contributed by atoms with Gasteiger partial charge in [0.15, 0.2) is 0 Å². The van der Waals surface area contributed by atoms with E-state index in [1.165, 1.54) is 25.3 Å². The minimum atomic E-state index is -1.32. The van der Waals surface area contributed by atoms with Gasteiger partial charge in [0.05, 0.1) is 13.0 Å². The molecule has 1 aliphatic rings. The second-order valence-corrected chi connectivity index (χ2v) is 6.63. The molecule has 0 aliphatic heterocycles. The van der Waals surface area contributed by atoms with E-state index in [2.05, 4.69) is 5.32 Å². The molecule has 3 rings (SSSR count). The summed E-state index contributed by atoms with van der Waals surface area (Å²) in [4.78, 5) is 24.5. The summed E-state index contributed by atoms with van der Waals surface area (Å²) in [6.07, 6.45) is 3.36. The van der Waals surface area contributed by atoms with Crippen molar-refractivity contribution in [2.75, 3.05) is 7.11 Å². The number of halogens is 4. The Labute approximate surface area is 164 Å². The highest BCUT2D eigenvalue weighted by Crippen LogP contribution is 2.35. The molecule has 0 heterocycles. The number of hydrogen-bond donors (Lipinski definition) is 1. The molecule has 29 heavy (non-hydrogen) atoms. The molecule has 1 N–H and O–H groups in total. The number of methoxy groups -OCH3 is 1. The molecule has 0 spiro atoms. The van der Waals surface area contributed by atoms with Gasteiger partial charge in [0.1, 0.15) is 28.8 Å². The largest absolute Gasteiger partial charge is 0.469 e. The predicted octanol–water partition coefficient (Wildman–Crippen LogP) is 3.87. The predicted molar refractivity (Wildman–Crippen MR) is 96.0 cm³/mol. The van der Waals surface area contributed by atoms with Crippen molar-refractivity contribution >= 4 is 11.9 Å². The summed E-state index contributed by atoms with van der Waals surface area (Å²) in [7, 11) is 1.19. The third-order valence-corrected chi connectivity index (χ3v) is 4.79. The van der Waals surface area contributed by atoms with Crippen molar-refractivity contribution in [1.82, 2.24) is 5.32 Å². The van der Waals surface area contributed by atoms with Crippen LogP contribution in [0.15, 0.2) is 48.6 Å². The minimum Gasteiger partial charge on any atom is -0.469 e. The number of rotatable bonds is 5. The van der Waals surface area contributed by atoms with Gasteiger partial charge in [-0.3, -0.25) is 9.59 Å². The van der Waals surface area contributed by atoms with Crippen LogP contribution in [0, 0.1) is 29.2 Å². The Morgan fingerprint density at radius 1 is 1.03 bits per heavy atom. The fourth-order valence-corrected chi connectivity index (χ4v) is 3.47. The maximum atomic E-state index is 14.2. The lowest BCUT2D eigenvalue weighted by atomic mass is 9.85. The van der Waals surface area contributed by atoms with Crippen LogP contribution >= 0.6 is 0 Å². The van der Waals surface area contributed by atoms with Crippen LogP contribution < -0.4 is 5.32 Å². The number of carbonyl (C=O) groups is 2. The number of amides is 1. The Morgan fingerprint density at radius 2 is 1.69 bits per heavy atom. The molecule has 2 aromatic carbocycles. The summed E-state index contributed by atoms with van der Waals surface area (Å²) in [5.41, 5.74) is -0.751. The fourth-order valence-electron chi connectivity index (χ4n) is 3.47. The van der Waals surface area contributed by atoms with E-state index in [4.69, 9.17) is 4.74 Å². The van der Waals surface area contributed by atoms with Crippen LogP contribution in [0.1, 0.15) is 28.3 Å². The summed E-state index contributed by atoms with van der Waals surface area (Å²) in [6, 6.07) is 5.95. The lowest BCUT2D eigenvalue weighted by Gasteiger charge is -2.22. The molecule has 2 aromatic rings. The quantitative estimate of drug-likeness (QED) is 0.465. The molecule has 3 atom stereocenters. The highest BCUT2D eigenvalue weighted by molar-refractivity contribution is 5.95. The van der Waals surface area contributed by atoms with Gasteiger partial charge in [-0.05, 0) is 18.4 Å². The molecule has 0 aromatic heterocycles. The number of esters is 1. The second kappa shape index (κ2) is 8.46. The number of benzene rings is 2. The summed E-state index contributed by atoms with van der Waals surface area (Å²) in [5.74, 6) is -7.51. The SMILES string of the molecule is COC(=O)[C@H](c1ccccc1F)[C@H]1C=C[C@@H](NC(=O)c2c(F)cc(F)cc2F)C1. The van der Waals surface area contributed by atoms with E-state index in [1.807, 2.05) is 0 Å². The minimum absolute atomic E-state index is 0.150. The van der Waals surface area contributed by atoms with Crippen LogP contribution in [0.3, 0.4) is 0 Å². The molecular weight excluding hydrogens is 390 g/mol. The van der Waals surface area contributed by atoms with Gasteiger partial charge >= 0.3 is 5.97 Å². The van der Waals surface area contributed by atoms with Crippen molar-refractivity contribution in [3.63, 3.8) is 0 Å². The van der Waals surface area contributed by atoms with E-state index < -0.39 is 58.6 Å². The van der Waals surface area contributed by atoms with Crippen molar-refractivity contribution < 1.29 is 31.9 Å². The maximum Gasteiger partial charge on any atom is 0.313 e. The molecule has 4 nitrogen and oxygen atoms in total. The van der Waals surface area contributed by atoms with Crippen molar-refractivity contribution in [3.8, 4) is 0 Å². The number of nitrogens with one attached hydrogen (secondary N) is 1. The van der Waals surface area contributed by atoms with E-state index >= 15 is 0 Å². The summed E-state index contributed by atoms with van der Waals surface area (Å²) in [6.45, 7) is 0. The average Bonchev–Trinajstić information content (AvgIpc) is 3.10. The topological polar surface area (TPSA) is 55.4 Å². The zero-order chi connectivity index (χ0) is 21.1. The first kappa shape index (κ1) is 20.6. The Balaban J connectivity index is 1.77. The zero-order valence-electron chi connectivity index (χ0n) is 15.3. The number of hydrogen-bond acceptors (Lipinski definition) is 3. The number of ether oxygens (including phenoxy) is 1. The lowest BCUT2D eigenvalue weighted by Crippen LogP contribution is -2.35. The molecule has 0 saturated heterocycles. The highest BCUT2D eigenvalue weighted by atomic mass is 19.1. The van der Waals surface area contributed by atoms with Gasteiger partial charge in [-0.25, -0.2) is 17.6 Å². The van der Waals surface area contributed by atoms with Crippen LogP contribution in [0.4, 0.5) is 17.6 Å². The van der Waals surface area contributed by atoms with Gasteiger partial charge in [0.2, 0.25) is 0 Å². The monoisotopic (exact) mass is 407 g/mol. The zero-order valence-corrected chi connectivity index (χ0v) is 15.3. The molecule has 1 aliphatic carbocycles. The van der Waals surface area contributed by atoms with Crippen molar-refractivity contribution in [2.45, 2.75) is 18.4 Å². The van der Waals surface area contributed by atoms with Gasteiger partial charge in [0, 0.05) is 23.7 Å². The van der Waals surface area contributed by atoms with Gasteiger partial charge < -0.3 is 10.1 Å². The molecular formula is C21H17F4NO3. The van der Waals surface area contributed by atoms with Gasteiger partial charge in [-0.15, -0.1) is 0 Å². The van der Waals surface area contributed by atoms with Gasteiger partial charge in [0.25, 0.3) is 5.91 Å². The molecule has 1 amide bonds. The standard InChI is InChI=1S/C21H17F4NO3/c1-29-21(28)18(14-4-2-3-5-15(14)23)11-6-7-13(8-11)26-20(27)19-16(24)9-12(22)10-17(19)25/h2-7,9-11,13,18H,8H2,1H3,(H,26,27)/t11-,13+,18-/m0/s1. The third-order valence-electron chi connectivity index (χ3n) is 4.79. The summed E-state index contributed by atoms with van der Waals surface area (Å²) in [5, 5.41) is 2.43. The Morgan fingerprint density at radius 3 is 2.31 bits per heavy atom. The first-order valence-corrected chi connectivity index (χ1v) is 8.77. The molecule has 152 valence electrons. The van der Waals surface area contributed by atoms with Crippen molar-refractivity contribution in [3.05, 3.63) is 82.9 Å². The van der Waals surface area contributed by atoms with Gasteiger partial charge in [-0.2, -0.15) is 0 Å². The van der Waals surface area contributed by atoms with E-state index in [1.54, 1.807) is 18.2 Å². The molecule has 0 bridgehead atoms. The number of allylic oxidation sites excluding steroid dienone is 1. The number of carbonyl (C=O) groups excluding carboxylic acids is 2. The lowest BCUT2D eigenvalue weighted by molar-refractivity contribution is -0.143. The summed E-state index contributed by atoms with van der Waals surface area (Å²) >= 11 is 0. The fraction of sp³-hybridized carbons (Fsp3) is 0.238. The van der Waals surface area contributed by atoms with E-state index in [9.17, 15) is 27.2 Å². The molecule has 0 unspecified atom stereocenters. The van der Waals surface area contributed by atoms with Crippen LogP contribution in [0.2, 0.25) is 0 Å².